The van der Waals surface area contributed by atoms with E-state index >= 15 is 0 Å². The van der Waals surface area contributed by atoms with E-state index in [1.165, 1.54) is 0 Å². The molecule has 1 aliphatic carbocycles. The van der Waals surface area contributed by atoms with E-state index in [4.69, 9.17) is 4.74 Å². The highest BCUT2D eigenvalue weighted by Crippen LogP contribution is 2.34. The number of rotatable bonds is 7. The molecule has 0 radical (unpaired) electrons. The van der Waals surface area contributed by atoms with Gasteiger partial charge in [-0.2, -0.15) is 0 Å². The van der Waals surface area contributed by atoms with Gasteiger partial charge in [0.25, 0.3) is 11.5 Å². The number of anilines is 1. The minimum Gasteiger partial charge on any atom is -0.456 e. The van der Waals surface area contributed by atoms with Crippen LogP contribution in [0.15, 0.2) is 47.3 Å². The van der Waals surface area contributed by atoms with Crippen LogP contribution < -0.4 is 16.2 Å². The fourth-order valence-electron chi connectivity index (χ4n) is 3.78. The molecule has 3 amide bonds. The zero-order chi connectivity index (χ0) is 24.2. The Morgan fingerprint density at radius 2 is 1.88 bits per heavy atom. The summed E-state index contributed by atoms with van der Waals surface area (Å²) >= 11 is 0. The Hall–Kier alpha value is -4.01. The van der Waals surface area contributed by atoms with Gasteiger partial charge >= 0.3 is 12.0 Å². The Morgan fingerprint density at radius 1 is 1.12 bits per heavy atom. The third-order valence-electron chi connectivity index (χ3n) is 5.59. The molecular weight excluding hydrogens is 436 g/mol. The highest BCUT2D eigenvalue weighted by Gasteiger charge is 2.28. The zero-order valence-corrected chi connectivity index (χ0v) is 19.1. The fourth-order valence-corrected chi connectivity index (χ4v) is 3.78. The Morgan fingerprint density at radius 3 is 2.62 bits per heavy atom. The van der Waals surface area contributed by atoms with Crippen LogP contribution >= 0.6 is 0 Å². The lowest BCUT2D eigenvalue weighted by Gasteiger charge is -2.13. The summed E-state index contributed by atoms with van der Waals surface area (Å²) < 4.78 is 6.67. The van der Waals surface area contributed by atoms with Crippen molar-refractivity contribution in [3.63, 3.8) is 0 Å². The van der Waals surface area contributed by atoms with Crippen molar-refractivity contribution in [1.29, 1.82) is 0 Å². The molecule has 2 N–H and O–H groups in total. The van der Waals surface area contributed by atoms with Gasteiger partial charge in [-0.15, -0.1) is 0 Å². The normalized spacial score (nSPS) is 12.9. The highest BCUT2D eigenvalue weighted by atomic mass is 16.5. The van der Waals surface area contributed by atoms with Crippen LogP contribution in [0.4, 0.5) is 10.5 Å². The van der Waals surface area contributed by atoms with Crippen molar-refractivity contribution in [3.05, 3.63) is 69.8 Å². The summed E-state index contributed by atoms with van der Waals surface area (Å²) in [6.07, 6.45) is 1.98. The molecule has 9 nitrogen and oxygen atoms in total. The molecule has 0 unspecified atom stereocenters. The standard InChI is InChI=1S/C25H26N4O5/c1-15-7-10-19(16(2)13-15)27-25(33)28-22(30)14-34-23(31)12-11-21-26-20-6-4-3-5-18(20)24(32)29(21)17-8-9-17/h3-7,10,13,17H,8-9,11-12,14H2,1-2H3,(H2,27,28,30,33). The predicted molar refractivity (Wildman–Crippen MR) is 127 cm³/mol. The van der Waals surface area contributed by atoms with Crippen molar-refractivity contribution in [2.45, 2.75) is 45.6 Å². The quantitative estimate of drug-likeness (QED) is 0.521. The van der Waals surface area contributed by atoms with Crippen LogP contribution in [0.1, 0.15) is 42.3 Å². The average Bonchev–Trinajstić information content (AvgIpc) is 3.63. The second kappa shape index (κ2) is 9.86. The van der Waals surface area contributed by atoms with E-state index in [-0.39, 0.29) is 24.4 Å². The number of amides is 3. The molecule has 0 aliphatic heterocycles. The summed E-state index contributed by atoms with van der Waals surface area (Å²) in [5.74, 6) is -0.829. The third kappa shape index (κ3) is 5.48. The van der Waals surface area contributed by atoms with Crippen LogP contribution in [-0.4, -0.2) is 34.1 Å². The summed E-state index contributed by atoms with van der Waals surface area (Å²) in [4.78, 5) is 53.7. The SMILES string of the molecule is Cc1ccc(NC(=O)NC(=O)COC(=O)CCc2nc3ccccc3c(=O)n2C2CC2)c(C)c1. The van der Waals surface area contributed by atoms with E-state index in [0.29, 0.717) is 22.4 Å². The Balaban J connectivity index is 1.29. The first-order chi connectivity index (χ1) is 16.3. The lowest BCUT2D eigenvalue weighted by Crippen LogP contribution is -2.37. The van der Waals surface area contributed by atoms with E-state index < -0.39 is 24.5 Å². The molecule has 1 aliphatic rings. The largest absolute Gasteiger partial charge is 0.456 e. The smallest absolute Gasteiger partial charge is 0.325 e. The molecule has 0 atom stereocenters. The van der Waals surface area contributed by atoms with Crippen molar-refractivity contribution in [1.82, 2.24) is 14.9 Å². The molecule has 2 aromatic carbocycles. The monoisotopic (exact) mass is 462 g/mol. The Bertz CT molecular complexity index is 1330. The number of hydrogen-bond acceptors (Lipinski definition) is 6. The van der Waals surface area contributed by atoms with Gasteiger partial charge in [0.1, 0.15) is 5.82 Å². The number of esters is 1. The minimum atomic E-state index is -0.741. The number of imide groups is 1. The zero-order valence-electron chi connectivity index (χ0n) is 19.1. The number of urea groups is 1. The van der Waals surface area contributed by atoms with Crippen molar-refractivity contribution >= 4 is 34.5 Å². The Kier molecular flexibility index (Phi) is 6.72. The summed E-state index contributed by atoms with van der Waals surface area (Å²) in [6, 6.07) is 12.0. The van der Waals surface area contributed by atoms with E-state index in [0.717, 1.165) is 24.0 Å². The molecule has 176 valence electrons. The molecule has 1 fully saturated rings. The Labute approximate surface area is 196 Å². The molecule has 34 heavy (non-hydrogen) atoms. The molecule has 9 heteroatoms. The van der Waals surface area contributed by atoms with Gasteiger partial charge in [-0.25, -0.2) is 9.78 Å². The first-order valence-electron chi connectivity index (χ1n) is 11.2. The minimum absolute atomic E-state index is 0.0421. The van der Waals surface area contributed by atoms with Crippen molar-refractivity contribution in [2.24, 2.45) is 0 Å². The molecule has 3 aromatic rings. The van der Waals surface area contributed by atoms with Crippen LogP contribution in [0.3, 0.4) is 0 Å². The number of nitrogens with one attached hydrogen (secondary N) is 2. The molecular formula is C25H26N4O5. The number of nitrogens with zero attached hydrogens (tertiary/aromatic N) is 2. The van der Waals surface area contributed by atoms with Crippen molar-refractivity contribution in [2.75, 3.05) is 11.9 Å². The lowest BCUT2D eigenvalue weighted by molar-refractivity contribution is -0.148. The van der Waals surface area contributed by atoms with Gasteiger partial charge in [0.15, 0.2) is 6.61 Å². The summed E-state index contributed by atoms with van der Waals surface area (Å²) in [5.41, 5.74) is 2.98. The molecule has 4 rings (SSSR count). The number of hydrogen-bond donors (Lipinski definition) is 2. The van der Waals surface area contributed by atoms with Crippen molar-refractivity contribution in [3.8, 4) is 0 Å². The first-order valence-corrected chi connectivity index (χ1v) is 11.2. The van der Waals surface area contributed by atoms with E-state index in [2.05, 4.69) is 15.6 Å². The first kappa shape index (κ1) is 23.2. The number of para-hydroxylation sites is 1. The molecule has 0 spiro atoms. The summed E-state index contributed by atoms with van der Waals surface area (Å²) in [6.45, 7) is 3.20. The number of fused-ring (bicyclic) bond motifs is 1. The molecule has 0 bridgehead atoms. The van der Waals surface area contributed by atoms with Gasteiger partial charge in [0.05, 0.1) is 17.3 Å². The summed E-state index contributed by atoms with van der Waals surface area (Å²) in [5, 5.41) is 5.28. The number of carbonyl (C=O) groups excluding carboxylic acids is 3. The van der Waals surface area contributed by atoms with Crippen LogP contribution in [-0.2, 0) is 20.7 Å². The van der Waals surface area contributed by atoms with Crippen LogP contribution in [0.5, 0.6) is 0 Å². The summed E-state index contributed by atoms with van der Waals surface area (Å²) in [7, 11) is 0. The average molecular weight is 463 g/mol. The second-order valence-corrected chi connectivity index (χ2v) is 8.43. The number of aryl methyl sites for hydroxylation is 3. The van der Waals surface area contributed by atoms with Gasteiger partial charge in [0.2, 0.25) is 0 Å². The van der Waals surface area contributed by atoms with E-state index in [9.17, 15) is 19.2 Å². The van der Waals surface area contributed by atoms with Gasteiger partial charge in [0, 0.05) is 18.2 Å². The number of aromatic nitrogens is 2. The maximum Gasteiger partial charge on any atom is 0.325 e. The molecule has 1 aromatic heterocycles. The highest BCUT2D eigenvalue weighted by molar-refractivity contribution is 6.02. The number of carbonyl (C=O) groups is 3. The second-order valence-electron chi connectivity index (χ2n) is 8.43. The van der Waals surface area contributed by atoms with Gasteiger partial charge in [-0.3, -0.25) is 24.3 Å². The van der Waals surface area contributed by atoms with E-state index in [1.807, 2.05) is 32.0 Å². The lowest BCUT2D eigenvalue weighted by atomic mass is 10.1. The predicted octanol–water partition coefficient (Wildman–Crippen LogP) is 3.17. The molecule has 0 saturated heterocycles. The topological polar surface area (TPSA) is 119 Å². The fraction of sp³-hybridized carbons (Fsp3) is 0.320. The van der Waals surface area contributed by atoms with Crippen LogP contribution in [0.25, 0.3) is 10.9 Å². The third-order valence-corrected chi connectivity index (χ3v) is 5.59. The molecule has 1 heterocycles. The maximum atomic E-state index is 12.9. The number of benzene rings is 2. The van der Waals surface area contributed by atoms with Gasteiger partial charge in [-0.1, -0.05) is 29.8 Å². The van der Waals surface area contributed by atoms with Crippen molar-refractivity contribution < 1.29 is 19.1 Å². The maximum absolute atomic E-state index is 12.9. The number of ether oxygens (including phenoxy) is 1. The van der Waals surface area contributed by atoms with Crippen LogP contribution in [0.2, 0.25) is 0 Å². The van der Waals surface area contributed by atoms with Gasteiger partial charge in [-0.05, 0) is 50.5 Å². The van der Waals surface area contributed by atoms with Crippen LogP contribution in [0, 0.1) is 13.8 Å². The van der Waals surface area contributed by atoms with Gasteiger partial charge < -0.3 is 10.1 Å². The van der Waals surface area contributed by atoms with E-state index in [1.54, 1.807) is 28.8 Å². The molecule has 1 saturated carbocycles.